The van der Waals surface area contributed by atoms with Crippen LogP contribution in [0.25, 0.3) is 10.2 Å². The van der Waals surface area contributed by atoms with Crippen molar-refractivity contribution in [1.82, 2.24) is 9.88 Å². The molecule has 0 saturated carbocycles. The van der Waals surface area contributed by atoms with Gasteiger partial charge in [0.25, 0.3) is 0 Å². The van der Waals surface area contributed by atoms with Crippen molar-refractivity contribution in [1.29, 1.82) is 0 Å². The summed E-state index contributed by atoms with van der Waals surface area (Å²) < 4.78 is 24.5. The molecule has 2 aromatic carbocycles. The van der Waals surface area contributed by atoms with Crippen LogP contribution in [0.1, 0.15) is 19.4 Å². The maximum atomic E-state index is 13.4. The van der Waals surface area contributed by atoms with Crippen molar-refractivity contribution >= 4 is 66.6 Å². The lowest BCUT2D eigenvalue weighted by molar-refractivity contribution is -0.118. The van der Waals surface area contributed by atoms with Crippen molar-refractivity contribution in [3.05, 3.63) is 48.0 Å². The molecule has 0 radical (unpaired) electrons. The van der Waals surface area contributed by atoms with Gasteiger partial charge in [0.05, 0.1) is 21.5 Å². The molecule has 0 aliphatic carbocycles. The lowest BCUT2D eigenvalue weighted by Gasteiger charge is -2.24. The summed E-state index contributed by atoms with van der Waals surface area (Å²) in [6.07, 6.45) is 3.39. The first-order valence-electron chi connectivity index (χ1n) is 10.5. The van der Waals surface area contributed by atoms with Gasteiger partial charge in [-0.3, -0.25) is 9.69 Å². The van der Waals surface area contributed by atoms with E-state index in [-0.39, 0.29) is 29.6 Å². The first-order valence-corrected chi connectivity index (χ1v) is 14.4. The zero-order valence-electron chi connectivity index (χ0n) is 19.3. The summed E-state index contributed by atoms with van der Waals surface area (Å²) in [5, 5.41) is 0.700. The van der Waals surface area contributed by atoms with Crippen LogP contribution < -0.4 is 4.90 Å². The fraction of sp³-hybridized carbons (Fsp3) is 0.391. The summed E-state index contributed by atoms with van der Waals surface area (Å²) in [6.45, 7) is 7.38. The van der Waals surface area contributed by atoms with Crippen LogP contribution in [0.5, 0.6) is 0 Å². The number of hydrogen-bond donors (Lipinski definition) is 0. The Hall–Kier alpha value is -1.65. The Kier molecular flexibility index (Phi) is 10.2. The van der Waals surface area contributed by atoms with Gasteiger partial charge in [0.15, 0.2) is 15.0 Å². The zero-order valence-corrected chi connectivity index (χ0v) is 22.5. The van der Waals surface area contributed by atoms with Crippen molar-refractivity contribution in [3.8, 4) is 0 Å². The largest absolute Gasteiger partial charge is 0.302 e. The van der Waals surface area contributed by atoms with Gasteiger partial charge in [0.1, 0.15) is 0 Å². The van der Waals surface area contributed by atoms with Gasteiger partial charge in [-0.2, -0.15) is 0 Å². The molecule has 10 heteroatoms. The third-order valence-electron chi connectivity index (χ3n) is 5.36. The van der Waals surface area contributed by atoms with E-state index < -0.39 is 9.84 Å². The number of thiazole rings is 1. The van der Waals surface area contributed by atoms with Gasteiger partial charge in [0, 0.05) is 24.2 Å². The SMILES string of the molecule is CCN(CC)CCN(C(=O)Cc1ccc(S(C)(=O)=O)cc1)c1nc2c(SC)cccc2s1.Cl. The minimum absolute atomic E-state index is 0. The second-order valence-corrected chi connectivity index (χ2v) is 11.3. The van der Waals surface area contributed by atoms with Crippen molar-refractivity contribution in [2.45, 2.75) is 30.1 Å². The second-order valence-electron chi connectivity index (χ2n) is 7.47. The topological polar surface area (TPSA) is 70.6 Å². The smallest absolute Gasteiger partial charge is 0.233 e. The lowest BCUT2D eigenvalue weighted by atomic mass is 10.1. The average molecular weight is 528 g/mol. The minimum Gasteiger partial charge on any atom is -0.302 e. The Morgan fingerprint density at radius 3 is 2.30 bits per heavy atom. The predicted octanol–water partition coefficient (Wildman–Crippen LogP) is 4.76. The Morgan fingerprint density at radius 1 is 1.06 bits per heavy atom. The molecule has 180 valence electrons. The van der Waals surface area contributed by atoms with E-state index in [1.54, 1.807) is 40.9 Å². The molecule has 0 aliphatic rings. The van der Waals surface area contributed by atoms with Gasteiger partial charge in [-0.15, -0.1) is 24.2 Å². The van der Waals surface area contributed by atoms with Crippen molar-refractivity contribution in [3.63, 3.8) is 0 Å². The Balaban J connectivity index is 0.00000385. The molecule has 0 spiro atoms. The van der Waals surface area contributed by atoms with E-state index in [9.17, 15) is 13.2 Å². The molecule has 0 fully saturated rings. The maximum absolute atomic E-state index is 13.4. The molecule has 6 nitrogen and oxygen atoms in total. The normalized spacial score (nSPS) is 11.5. The number of rotatable bonds is 10. The van der Waals surface area contributed by atoms with Crippen LogP contribution in [-0.2, 0) is 21.1 Å². The highest BCUT2D eigenvalue weighted by Crippen LogP contribution is 2.34. The molecule has 1 heterocycles. The molecule has 1 aromatic heterocycles. The van der Waals surface area contributed by atoms with Gasteiger partial charge in [-0.1, -0.05) is 43.4 Å². The third kappa shape index (κ3) is 6.93. The van der Waals surface area contributed by atoms with Crippen LogP contribution in [0.3, 0.4) is 0 Å². The quantitative estimate of drug-likeness (QED) is 0.354. The molecule has 0 saturated heterocycles. The summed E-state index contributed by atoms with van der Waals surface area (Å²) in [5.74, 6) is -0.0472. The third-order valence-corrected chi connectivity index (χ3v) is 8.30. The zero-order chi connectivity index (χ0) is 23.3. The molecular weight excluding hydrogens is 498 g/mol. The number of fused-ring (bicyclic) bond motifs is 1. The van der Waals surface area contributed by atoms with Gasteiger partial charge in [0.2, 0.25) is 5.91 Å². The van der Waals surface area contributed by atoms with Crippen LogP contribution in [0.4, 0.5) is 5.13 Å². The first kappa shape index (κ1) is 27.6. The van der Waals surface area contributed by atoms with Crippen LogP contribution in [0.2, 0.25) is 0 Å². The Morgan fingerprint density at radius 2 is 1.73 bits per heavy atom. The van der Waals surface area contributed by atoms with Crippen LogP contribution >= 0.6 is 35.5 Å². The summed E-state index contributed by atoms with van der Waals surface area (Å²) in [7, 11) is -3.26. The molecule has 0 atom stereocenters. The number of anilines is 1. The molecule has 0 aliphatic heterocycles. The summed E-state index contributed by atoms with van der Waals surface area (Å²) in [6, 6.07) is 12.6. The van der Waals surface area contributed by atoms with E-state index in [4.69, 9.17) is 4.98 Å². The van der Waals surface area contributed by atoms with E-state index >= 15 is 0 Å². The number of sulfone groups is 1. The molecule has 0 N–H and O–H groups in total. The van der Waals surface area contributed by atoms with E-state index in [2.05, 4.69) is 18.7 Å². The predicted molar refractivity (Wildman–Crippen MR) is 142 cm³/mol. The summed E-state index contributed by atoms with van der Waals surface area (Å²) >= 11 is 3.18. The van der Waals surface area contributed by atoms with Gasteiger partial charge < -0.3 is 4.90 Å². The fourth-order valence-corrected chi connectivity index (χ4v) is 5.72. The molecule has 1 amide bonds. The number of carbonyl (C=O) groups excluding carboxylic acids is 1. The van der Waals surface area contributed by atoms with Crippen molar-refractivity contribution < 1.29 is 13.2 Å². The number of benzene rings is 2. The second kappa shape index (κ2) is 12.2. The lowest BCUT2D eigenvalue weighted by Crippen LogP contribution is -2.39. The van der Waals surface area contributed by atoms with Crippen LogP contribution in [-0.4, -0.2) is 62.9 Å². The fourth-order valence-electron chi connectivity index (χ4n) is 3.42. The molecule has 33 heavy (non-hydrogen) atoms. The van der Waals surface area contributed by atoms with E-state index in [1.807, 2.05) is 24.5 Å². The number of likely N-dealkylation sites (N-methyl/N-ethyl adjacent to an activating group) is 1. The average Bonchev–Trinajstić information content (AvgIpc) is 3.20. The number of aromatic nitrogens is 1. The van der Waals surface area contributed by atoms with Crippen LogP contribution in [0.15, 0.2) is 52.3 Å². The Bertz CT molecular complexity index is 1180. The van der Waals surface area contributed by atoms with Gasteiger partial charge >= 0.3 is 0 Å². The molecule has 0 bridgehead atoms. The summed E-state index contributed by atoms with van der Waals surface area (Å²) in [4.78, 5) is 23.6. The highest BCUT2D eigenvalue weighted by molar-refractivity contribution is 7.98. The molecular formula is C23H30ClN3O3S3. The standard InChI is InChI=1S/C23H29N3O3S3.ClH/c1-5-25(6-2)14-15-26(23-24-22-19(30-3)8-7-9-20(22)31-23)21(27)16-17-10-12-18(13-11-17)32(4,28)29;/h7-13H,5-6,14-16H2,1-4H3;1H. The van der Waals surface area contributed by atoms with Gasteiger partial charge in [-0.25, -0.2) is 13.4 Å². The molecule has 3 rings (SSSR count). The van der Waals surface area contributed by atoms with Gasteiger partial charge in [-0.05, 0) is 49.2 Å². The molecule has 3 aromatic rings. The number of halogens is 1. The molecule has 0 unspecified atom stereocenters. The summed E-state index contributed by atoms with van der Waals surface area (Å²) in [5.41, 5.74) is 1.71. The highest BCUT2D eigenvalue weighted by Gasteiger charge is 2.21. The Labute approximate surface area is 210 Å². The van der Waals surface area contributed by atoms with E-state index in [1.165, 1.54) is 17.6 Å². The number of nitrogens with zero attached hydrogens (tertiary/aromatic N) is 3. The van der Waals surface area contributed by atoms with E-state index in [0.717, 1.165) is 40.3 Å². The number of para-hydroxylation sites is 1. The first-order chi connectivity index (χ1) is 15.3. The van der Waals surface area contributed by atoms with Crippen LogP contribution in [0, 0.1) is 0 Å². The highest BCUT2D eigenvalue weighted by atomic mass is 35.5. The monoisotopic (exact) mass is 527 g/mol. The number of carbonyl (C=O) groups is 1. The van der Waals surface area contributed by atoms with E-state index in [0.29, 0.717) is 11.7 Å². The minimum atomic E-state index is -3.26. The number of thioether (sulfide) groups is 1. The van der Waals surface area contributed by atoms with Crippen molar-refractivity contribution in [2.75, 3.05) is 43.6 Å². The maximum Gasteiger partial charge on any atom is 0.233 e. The van der Waals surface area contributed by atoms with Crippen molar-refractivity contribution in [2.24, 2.45) is 0 Å². The number of hydrogen-bond acceptors (Lipinski definition) is 7. The number of amides is 1.